The van der Waals surface area contributed by atoms with Gasteiger partial charge in [-0.25, -0.2) is 4.39 Å². The molecule has 0 aliphatic carbocycles. The highest BCUT2D eigenvalue weighted by molar-refractivity contribution is 5.77. The Kier molecular flexibility index (Phi) is 5.91. The van der Waals surface area contributed by atoms with E-state index in [4.69, 9.17) is 4.74 Å². The summed E-state index contributed by atoms with van der Waals surface area (Å²) < 4.78 is 18.1. The van der Waals surface area contributed by atoms with Gasteiger partial charge in [0.2, 0.25) is 5.91 Å². The maximum atomic E-state index is 12.7. The minimum absolute atomic E-state index is 0.0400. The molecule has 21 heavy (non-hydrogen) atoms. The van der Waals surface area contributed by atoms with E-state index in [0.29, 0.717) is 19.6 Å². The standard InChI is InChI=1S/C17H18FNO2/c18-16-8-6-14(7-9-16)10-11-19-17(20)13-21-12-15-4-2-1-3-5-15/h1-9H,10-13H2,(H,19,20). The Morgan fingerprint density at radius 1 is 1.00 bits per heavy atom. The Balaban J connectivity index is 1.60. The second-order valence-electron chi connectivity index (χ2n) is 4.70. The number of hydrogen-bond donors (Lipinski definition) is 1. The first-order valence-electron chi connectivity index (χ1n) is 6.87. The van der Waals surface area contributed by atoms with Crippen molar-refractivity contribution >= 4 is 5.91 Å². The Bertz CT molecular complexity index is 555. The maximum Gasteiger partial charge on any atom is 0.246 e. The number of rotatable bonds is 7. The van der Waals surface area contributed by atoms with Crippen molar-refractivity contribution in [2.45, 2.75) is 13.0 Å². The highest BCUT2D eigenvalue weighted by Gasteiger charge is 2.01. The van der Waals surface area contributed by atoms with Crippen LogP contribution < -0.4 is 5.32 Å². The Morgan fingerprint density at radius 2 is 1.71 bits per heavy atom. The minimum atomic E-state index is -0.253. The van der Waals surface area contributed by atoms with Crippen LogP contribution in [0, 0.1) is 5.82 Å². The molecule has 0 aliphatic heterocycles. The Morgan fingerprint density at radius 3 is 2.43 bits per heavy atom. The van der Waals surface area contributed by atoms with E-state index in [0.717, 1.165) is 11.1 Å². The van der Waals surface area contributed by atoms with Gasteiger partial charge in [-0.15, -0.1) is 0 Å². The molecule has 0 spiro atoms. The molecule has 0 saturated carbocycles. The van der Waals surface area contributed by atoms with Gasteiger partial charge in [0, 0.05) is 6.54 Å². The molecule has 2 aromatic rings. The van der Waals surface area contributed by atoms with Crippen molar-refractivity contribution in [1.82, 2.24) is 5.32 Å². The first kappa shape index (κ1) is 15.2. The molecule has 0 aromatic heterocycles. The van der Waals surface area contributed by atoms with Crippen LogP contribution in [0.1, 0.15) is 11.1 Å². The third kappa shape index (κ3) is 5.75. The van der Waals surface area contributed by atoms with Crippen molar-refractivity contribution in [2.24, 2.45) is 0 Å². The highest BCUT2D eigenvalue weighted by atomic mass is 19.1. The molecule has 110 valence electrons. The molecule has 0 saturated heterocycles. The summed E-state index contributed by atoms with van der Waals surface area (Å²) in [6.07, 6.45) is 0.671. The monoisotopic (exact) mass is 287 g/mol. The second-order valence-corrected chi connectivity index (χ2v) is 4.70. The predicted molar refractivity (Wildman–Crippen MR) is 79.2 cm³/mol. The average Bonchev–Trinajstić information content (AvgIpc) is 2.50. The fourth-order valence-corrected chi connectivity index (χ4v) is 1.88. The van der Waals surface area contributed by atoms with E-state index in [1.807, 2.05) is 30.3 Å². The number of amides is 1. The number of ether oxygens (including phenoxy) is 1. The topological polar surface area (TPSA) is 38.3 Å². The summed E-state index contributed by atoms with van der Waals surface area (Å²) in [6.45, 7) is 0.976. The number of halogens is 1. The summed E-state index contributed by atoms with van der Waals surface area (Å²) in [4.78, 5) is 11.6. The van der Waals surface area contributed by atoms with Crippen LogP contribution in [0.5, 0.6) is 0 Å². The van der Waals surface area contributed by atoms with Crippen LogP contribution in [0.4, 0.5) is 4.39 Å². The zero-order chi connectivity index (χ0) is 14.9. The lowest BCUT2D eigenvalue weighted by Gasteiger charge is -2.06. The van der Waals surface area contributed by atoms with Gasteiger partial charge < -0.3 is 10.1 Å². The van der Waals surface area contributed by atoms with E-state index in [1.54, 1.807) is 12.1 Å². The summed E-state index contributed by atoms with van der Waals surface area (Å²) in [6, 6.07) is 16.0. The van der Waals surface area contributed by atoms with Crippen molar-refractivity contribution in [1.29, 1.82) is 0 Å². The first-order valence-corrected chi connectivity index (χ1v) is 6.87. The summed E-state index contributed by atoms with van der Waals surface area (Å²) >= 11 is 0. The molecule has 0 heterocycles. The predicted octanol–water partition coefficient (Wildman–Crippen LogP) is 2.70. The van der Waals surface area contributed by atoms with Crippen LogP contribution in [0.2, 0.25) is 0 Å². The maximum absolute atomic E-state index is 12.7. The zero-order valence-corrected chi connectivity index (χ0v) is 11.7. The number of nitrogens with one attached hydrogen (secondary N) is 1. The molecular weight excluding hydrogens is 269 g/mol. The smallest absolute Gasteiger partial charge is 0.246 e. The quantitative estimate of drug-likeness (QED) is 0.850. The summed E-state index contributed by atoms with van der Waals surface area (Å²) in [5.74, 6) is -0.398. The number of carbonyl (C=O) groups excluding carboxylic acids is 1. The summed E-state index contributed by atoms with van der Waals surface area (Å²) in [5, 5.41) is 2.77. The van der Waals surface area contributed by atoms with Crippen LogP contribution in [0.25, 0.3) is 0 Å². The fraction of sp³-hybridized carbons (Fsp3) is 0.235. The van der Waals surface area contributed by atoms with Gasteiger partial charge in [-0.05, 0) is 29.7 Å². The van der Waals surface area contributed by atoms with Crippen LogP contribution in [0.3, 0.4) is 0 Å². The molecule has 0 fully saturated rings. The van der Waals surface area contributed by atoms with Gasteiger partial charge in [0.1, 0.15) is 12.4 Å². The van der Waals surface area contributed by atoms with Crippen molar-refractivity contribution in [3.63, 3.8) is 0 Å². The Labute approximate surface area is 123 Å². The van der Waals surface area contributed by atoms with Gasteiger partial charge in [0.05, 0.1) is 6.61 Å². The summed E-state index contributed by atoms with van der Waals surface area (Å²) in [7, 11) is 0. The average molecular weight is 287 g/mol. The molecule has 3 nitrogen and oxygen atoms in total. The molecule has 2 rings (SSSR count). The van der Waals surface area contributed by atoms with Crippen molar-refractivity contribution < 1.29 is 13.9 Å². The zero-order valence-electron chi connectivity index (χ0n) is 11.7. The molecule has 0 aliphatic rings. The Hall–Kier alpha value is -2.20. The molecule has 0 radical (unpaired) electrons. The van der Waals surface area contributed by atoms with Gasteiger partial charge in [-0.2, -0.15) is 0 Å². The van der Waals surface area contributed by atoms with E-state index in [9.17, 15) is 9.18 Å². The van der Waals surface area contributed by atoms with Crippen molar-refractivity contribution in [2.75, 3.05) is 13.2 Å². The minimum Gasteiger partial charge on any atom is -0.367 e. The van der Waals surface area contributed by atoms with Crippen LogP contribution in [0.15, 0.2) is 54.6 Å². The largest absolute Gasteiger partial charge is 0.367 e. The first-order chi connectivity index (χ1) is 10.2. The van der Waals surface area contributed by atoms with Crippen LogP contribution in [-0.2, 0) is 22.6 Å². The van der Waals surface area contributed by atoms with Gasteiger partial charge in [-0.3, -0.25) is 4.79 Å². The molecule has 0 unspecified atom stereocenters. The molecule has 0 atom stereocenters. The lowest BCUT2D eigenvalue weighted by Crippen LogP contribution is -2.29. The molecule has 1 N–H and O–H groups in total. The molecule has 4 heteroatoms. The van der Waals surface area contributed by atoms with E-state index in [-0.39, 0.29) is 18.3 Å². The molecule has 0 bridgehead atoms. The van der Waals surface area contributed by atoms with E-state index >= 15 is 0 Å². The van der Waals surface area contributed by atoms with Gasteiger partial charge in [0.15, 0.2) is 0 Å². The molecule has 2 aromatic carbocycles. The number of benzene rings is 2. The highest BCUT2D eigenvalue weighted by Crippen LogP contribution is 2.03. The normalized spacial score (nSPS) is 10.3. The van der Waals surface area contributed by atoms with E-state index in [1.165, 1.54) is 12.1 Å². The third-order valence-corrected chi connectivity index (χ3v) is 2.99. The molecular formula is C17H18FNO2. The van der Waals surface area contributed by atoms with Crippen LogP contribution in [-0.4, -0.2) is 19.1 Å². The third-order valence-electron chi connectivity index (χ3n) is 2.99. The fourth-order valence-electron chi connectivity index (χ4n) is 1.88. The SMILES string of the molecule is O=C(COCc1ccccc1)NCCc1ccc(F)cc1. The second kappa shape index (κ2) is 8.17. The van der Waals surface area contributed by atoms with Crippen molar-refractivity contribution in [3.05, 3.63) is 71.5 Å². The van der Waals surface area contributed by atoms with E-state index < -0.39 is 0 Å². The number of hydrogen-bond acceptors (Lipinski definition) is 2. The lowest BCUT2D eigenvalue weighted by atomic mass is 10.1. The van der Waals surface area contributed by atoms with Gasteiger partial charge in [-0.1, -0.05) is 42.5 Å². The number of carbonyl (C=O) groups is 1. The van der Waals surface area contributed by atoms with E-state index in [2.05, 4.69) is 5.32 Å². The molecule has 1 amide bonds. The van der Waals surface area contributed by atoms with Gasteiger partial charge in [0.25, 0.3) is 0 Å². The van der Waals surface area contributed by atoms with Crippen LogP contribution >= 0.6 is 0 Å². The van der Waals surface area contributed by atoms with Crippen molar-refractivity contribution in [3.8, 4) is 0 Å². The summed E-state index contributed by atoms with van der Waals surface area (Å²) in [5.41, 5.74) is 2.03. The lowest BCUT2D eigenvalue weighted by molar-refractivity contribution is -0.126. The van der Waals surface area contributed by atoms with Gasteiger partial charge >= 0.3 is 0 Å².